The number of halogens is 3. The average molecular weight is 430 g/mol. The van der Waals surface area contributed by atoms with Crippen LogP contribution >= 0.6 is 0 Å². The lowest BCUT2D eigenvalue weighted by atomic mass is 9.95. The maximum absolute atomic E-state index is 13.4. The van der Waals surface area contributed by atoms with Gasteiger partial charge in [0.1, 0.15) is 5.82 Å². The van der Waals surface area contributed by atoms with E-state index in [-0.39, 0.29) is 24.4 Å². The molecule has 166 valence electrons. The summed E-state index contributed by atoms with van der Waals surface area (Å²) in [7, 11) is 0. The molecule has 1 aliphatic heterocycles. The Bertz CT molecular complexity index is 920. The van der Waals surface area contributed by atoms with Gasteiger partial charge in [-0.25, -0.2) is 18.2 Å². The minimum absolute atomic E-state index is 0.0286. The Hall–Kier alpha value is -3.02. The molecular weight excluding hydrogens is 399 g/mol. The quantitative estimate of drug-likeness (QED) is 0.536. The fraction of sp³-hybridized carbons (Fsp3) is 0.320. The van der Waals surface area contributed by atoms with Gasteiger partial charge < -0.3 is 10.6 Å². The highest BCUT2D eigenvalue weighted by atomic mass is 19.2. The molecule has 1 aliphatic rings. The molecule has 1 fully saturated rings. The van der Waals surface area contributed by atoms with Gasteiger partial charge in [0.25, 0.3) is 0 Å². The van der Waals surface area contributed by atoms with Crippen LogP contribution in [0, 0.1) is 17.5 Å². The van der Waals surface area contributed by atoms with Crippen LogP contribution in [0.4, 0.5) is 13.2 Å². The number of nitrogens with zero attached hydrogens (tertiary/aromatic N) is 1. The van der Waals surface area contributed by atoms with Crippen molar-refractivity contribution in [2.45, 2.75) is 52.2 Å². The molecule has 0 unspecified atom stereocenters. The largest absolute Gasteiger partial charge is 0.347 e. The van der Waals surface area contributed by atoms with Gasteiger partial charge in [0, 0.05) is 0 Å². The van der Waals surface area contributed by atoms with Crippen molar-refractivity contribution in [1.29, 1.82) is 0 Å². The first-order chi connectivity index (χ1) is 14.9. The van der Waals surface area contributed by atoms with Crippen molar-refractivity contribution in [3.05, 3.63) is 95.3 Å². The third-order valence-electron chi connectivity index (χ3n) is 4.86. The molecule has 1 saturated heterocycles. The van der Waals surface area contributed by atoms with Crippen LogP contribution < -0.4 is 10.6 Å². The highest BCUT2D eigenvalue weighted by Gasteiger charge is 2.32. The summed E-state index contributed by atoms with van der Waals surface area (Å²) in [6, 6.07) is 9.99. The van der Waals surface area contributed by atoms with Crippen molar-refractivity contribution in [2.75, 3.05) is 0 Å². The second-order valence-corrected chi connectivity index (χ2v) is 7.26. The Kier molecular flexibility index (Phi) is 9.38. The minimum atomic E-state index is -0.885. The summed E-state index contributed by atoms with van der Waals surface area (Å²) >= 11 is 0. The number of rotatable bonds is 6. The molecule has 0 aliphatic carbocycles. The van der Waals surface area contributed by atoms with E-state index in [4.69, 9.17) is 0 Å². The van der Waals surface area contributed by atoms with E-state index in [1.165, 1.54) is 18.2 Å². The first-order valence-electron chi connectivity index (χ1n) is 10.4. The van der Waals surface area contributed by atoms with Crippen molar-refractivity contribution in [3.8, 4) is 0 Å². The number of hydrogen-bond acceptors (Lipinski definition) is 1. The van der Waals surface area contributed by atoms with Crippen molar-refractivity contribution < 1.29 is 13.2 Å². The van der Waals surface area contributed by atoms with E-state index in [2.05, 4.69) is 42.1 Å². The standard InChI is InChI=1S/C21H22F3N3.C4H8/c1-3-4-13(2)19-20(15-6-8-16(22)9-7-15)27-21(26-19)25-12-14-5-10-17(23)18(24)11-14;1-3-4-2/h4-11,19-20H,3,12H2,1-2H3,(H2,25,26,27);3H,1,4H2,2H3/b13-4+;/t19-,20+;/m1./s1. The van der Waals surface area contributed by atoms with E-state index in [1.807, 2.05) is 13.0 Å². The van der Waals surface area contributed by atoms with E-state index in [0.717, 1.165) is 36.1 Å². The smallest absolute Gasteiger partial charge is 0.192 e. The zero-order valence-corrected chi connectivity index (χ0v) is 18.3. The number of nitrogens with one attached hydrogen (secondary N) is 2. The van der Waals surface area contributed by atoms with Crippen LogP contribution in [-0.4, -0.2) is 12.0 Å². The summed E-state index contributed by atoms with van der Waals surface area (Å²) in [6.45, 7) is 9.86. The lowest BCUT2D eigenvalue weighted by Gasteiger charge is -2.20. The van der Waals surface area contributed by atoms with Crippen LogP contribution in [0.1, 0.15) is 50.8 Å². The summed E-state index contributed by atoms with van der Waals surface area (Å²) in [6.07, 6.45) is 6.00. The third-order valence-corrected chi connectivity index (χ3v) is 4.86. The van der Waals surface area contributed by atoms with Crippen LogP contribution in [0.15, 0.2) is 71.8 Å². The molecule has 0 amide bonds. The minimum Gasteiger partial charge on any atom is -0.347 e. The maximum Gasteiger partial charge on any atom is 0.192 e. The van der Waals surface area contributed by atoms with Crippen LogP contribution in [-0.2, 0) is 6.54 Å². The van der Waals surface area contributed by atoms with Gasteiger partial charge in [0.2, 0.25) is 0 Å². The lowest BCUT2D eigenvalue weighted by molar-refractivity contribution is 0.507. The summed E-state index contributed by atoms with van der Waals surface area (Å²) < 4.78 is 39.7. The van der Waals surface area contributed by atoms with E-state index in [1.54, 1.807) is 12.1 Å². The van der Waals surface area contributed by atoms with Gasteiger partial charge in [-0.05, 0) is 55.2 Å². The van der Waals surface area contributed by atoms with Crippen molar-refractivity contribution >= 4 is 5.96 Å². The monoisotopic (exact) mass is 429 g/mol. The summed E-state index contributed by atoms with van der Waals surface area (Å²) in [5.41, 5.74) is 2.67. The third kappa shape index (κ3) is 7.02. The summed E-state index contributed by atoms with van der Waals surface area (Å²) in [5.74, 6) is -1.47. The zero-order valence-electron chi connectivity index (χ0n) is 18.3. The second-order valence-electron chi connectivity index (χ2n) is 7.26. The van der Waals surface area contributed by atoms with Gasteiger partial charge in [0.15, 0.2) is 17.6 Å². The van der Waals surface area contributed by atoms with Gasteiger partial charge in [-0.1, -0.05) is 49.8 Å². The van der Waals surface area contributed by atoms with E-state index < -0.39 is 11.6 Å². The second kappa shape index (κ2) is 12.0. The summed E-state index contributed by atoms with van der Waals surface area (Å²) in [5, 5.41) is 6.66. The van der Waals surface area contributed by atoms with Crippen LogP contribution in [0.3, 0.4) is 0 Å². The van der Waals surface area contributed by atoms with Crippen LogP contribution in [0.25, 0.3) is 0 Å². The molecule has 2 atom stereocenters. The Morgan fingerprint density at radius 3 is 2.26 bits per heavy atom. The molecule has 0 radical (unpaired) electrons. The van der Waals surface area contributed by atoms with Crippen molar-refractivity contribution in [3.63, 3.8) is 0 Å². The molecule has 2 aromatic rings. The normalized spacial score (nSPS) is 19.3. The Labute approximate surface area is 182 Å². The van der Waals surface area contributed by atoms with Crippen molar-refractivity contribution in [2.24, 2.45) is 4.99 Å². The molecule has 31 heavy (non-hydrogen) atoms. The highest BCUT2D eigenvalue weighted by Crippen LogP contribution is 2.26. The molecule has 0 aromatic heterocycles. The first kappa shape index (κ1) is 24.3. The van der Waals surface area contributed by atoms with Crippen LogP contribution in [0.2, 0.25) is 0 Å². The number of benzene rings is 2. The number of guanidine groups is 1. The molecule has 0 saturated carbocycles. The molecule has 3 rings (SSSR count). The SMILES string of the molecule is C=CCC.CC/C=C(\C)[C@H]1NC(=NCc2ccc(F)c(F)c2)N[C@H]1c1ccc(F)cc1. The van der Waals surface area contributed by atoms with Gasteiger partial charge in [-0.3, -0.25) is 0 Å². The predicted octanol–water partition coefficient (Wildman–Crippen LogP) is 6.20. The molecular formula is C25H30F3N3. The van der Waals surface area contributed by atoms with E-state index in [0.29, 0.717) is 11.5 Å². The van der Waals surface area contributed by atoms with Gasteiger partial charge in [-0.15, -0.1) is 6.58 Å². The maximum atomic E-state index is 13.4. The van der Waals surface area contributed by atoms with Gasteiger partial charge in [0.05, 0.1) is 18.6 Å². The zero-order chi connectivity index (χ0) is 22.8. The molecule has 2 aromatic carbocycles. The highest BCUT2D eigenvalue weighted by molar-refractivity contribution is 5.84. The molecule has 6 heteroatoms. The number of allylic oxidation sites excluding steroid dienone is 2. The lowest BCUT2D eigenvalue weighted by Crippen LogP contribution is -2.29. The van der Waals surface area contributed by atoms with E-state index in [9.17, 15) is 13.2 Å². The molecule has 0 bridgehead atoms. The van der Waals surface area contributed by atoms with Crippen molar-refractivity contribution in [1.82, 2.24) is 10.6 Å². The Morgan fingerprint density at radius 2 is 1.68 bits per heavy atom. The Morgan fingerprint density at radius 1 is 1.00 bits per heavy atom. The molecule has 0 spiro atoms. The fourth-order valence-electron chi connectivity index (χ4n) is 3.17. The topological polar surface area (TPSA) is 36.4 Å². The van der Waals surface area contributed by atoms with Gasteiger partial charge >= 0.3 is 0 Å². The molecule has 1 heterocycles. The molecule has 3 nitrogen and oxygen atoms in total. The average Bonchev–Trinajstić information content (AvgIpc) is 3.20. The van der Waals surface area contributed by atoms with Crippen LogP contribution in [0.5, 0.6) is 0 Å². The number of aliphatic imine (C=N–C) groups is 1. The summed E-state index contributed by atoms with van der Waals surface area (Å²) in [4.78, 5) is 4.45. The van der Waals surface area contributed by atoms with E-state index >= 15 is 0 Å². The molecule has 2 N–H and O–H groups in total. The predicted molar refractivity (Wildman–Crippen MR) is 121 cm³/mol. The fourth-order valence-corrected chi connectivity index (χ4v) is 3.17. The van der Waals surface area contributed by atoms with Gasteiger partial charge in [-0.2, -0.15) is 0 Å². The Balaban J connectivity index is 0.000000785. The first-order valence-corrected chi connectivity index (χ1v) is 10.4. The number of hydrogen-bond donors (Lipinski definition) is 2.